The van der Waals surface area contributed by atoms with Gasteiger partial charge in [-0.05, 0) is 67.4 Å². The van der Waals surface area contributed by atoms with Gasteiger partial charge in [0.25, 0.3) is 0 Å². The molecule has 0 unspecified atom stereocenters. The smallest absolute Gasteiger partial charge is 0.244 e. The number of aromatic nitrogens is 1. The molecule has 0 fully saturated rings. The summed E-state index contributed by atoms with van der Waals surface area (Å²) in [5.41, 5.74) is 2.45. The minimum absolute atomic E-state index is 0.0351. The highest BCUT2D eigenvalue weighted by molar-refractivity contribution is 7.91. The Kier molecular flexibility index (Phi) is 6.26. The number of nitrogens with zero attached hydrogens (tertiary/aromatic N) is 1. The van der Waals surface area contributed by atoms with Crippen LogP contribution in [0.5, 0.6) is 5.75 Å². The molecule has 0 radical (unpaired) electrons. The minimum Gasteiger partial charge on any atom is -0.497 e. The van der Waals surface area contributed by atoms with Crippen LogP contribution in [0.2, 0.25) is 0 Å². The number of nitrogens with one attached hydrogen (secondary N) is 1. The number of carbonyl (C=O) groups is 1. The fourth-order valence-corrected chi connectivity index (χ4v) is 5.11. The van der Waals surface area contributed by atoms with Crippen molar-refractivity contribution in [3.8, 4) is 5.75 Å². The molecule has 34 heavy (non-hydrogen) atoms. The van der Waals surface area contributed by atoms with Crippen molar-refractivity contribution in [2.75, 3.05) is 12.4 Å². The fraction of sp³-hybridized carbons (Fsp3) is 0.154. The molecule has 0 spiro atoms. The van der Waals surface area contributed by atoms with Gasteiger partial charge in [-0.25, -0.2) is 8.42 Å². The SMILES string of the molecule is COc1ccc(S(=O)(=O)c2cn(CC(=O)Nc3cc(C)ccc3C)c3ccccc3c2=O)cc1. The van der Waals surface area contributed by atoms with E-state index in [1.807, 2.05) is 32.0 Å². The molecule has 7 nitrogen and oxygen atoms in total. The Morgan fingerprint density at radius 1 is 1.00 bits per heavy atom. The Bertz CT molecular complexity index is 1550. The fourth-order valence-electron chi connectivity index (χ4n) is 3.74. The summed E-state index contributed by atoms with van der Waals surface area (Å²) in [7, 11) is -2.66. The zero-order chi connectivity index (χ0) is 24.5. The number of para-hydroxylation sites is 1. The van der Waals surface area contributed by atoms with Gasteiger partial charge in [-0.2, -0.15) is 0 Å². The minimum atomic E-state index is -4.14. The van der Waals surface area contributed by atoms with Crippen molar-refractivity contribution in [2.24, 2.45) is 0 Å². The molecule has 1 N–H and O–H groups in total. The van der Waals surface area contributed by atoms with E-state index in [9.17, 15) is 18.0 Å². The number of aryl methyl sites for hydroxylation is 2. The largest absolute Gasteiger partial charge is 0.497 e. The average Bonchev–Trinajstić information content (AvgIpc) is 2.83. The van der Waals surface area contributed by atoms with E-state index in [2.05, 4.69) is 5.32 Å². The van der Waals surface area contributed by atoms with Crippen LogP contribution in [-0.2, 0) is 21.2 Å². The van der Waals surface area contributed by atoms with Crippen LogP contribution >= 0.6 is 0 Å². The second-order valence-electron chi connectivity index (χ2n) is 8.01. The van der Waals surface area contributed by atoms with Gasteiger partial charge in [-0.15, -0.1) is 0 Å². The molecule has 0 aliphatic carbocycles. The van der Waals surface area contributed by atoms with E-state index >= 15 is 0 Å². The van der Waals surface area contributed by atoms with E-state index in [-0.39, 0.29) is 22.7 Å². The topological polar surface area (TPSA) is 94.5 Å². The molecule has 1 amide bonds. The Balaban J connectivity index is 1.78. The molecule has 0 aliphatic heterocycles. The Morgan fingerprint density at radius 2 is 1.71 bits per heavy atom. The molecule has 0 saturated heterocycles. The third-order valence-corrected chi connectivity index (χ3v) is 7.36. The summed E-state index contributed by atoms with van der Waals surface area (Å²) in [5.74, 6) is 0.160. The number of sulfone groups is 1. The van der Waals surface area contributed by atoms with Crippen LogP contribution in [0.4, 0.5) is 5.69 Å². The Hall–Kier alpha value is -3.91. The van der Waals surface area contributed by atoms with Crippen molar-refractivity contribution in [3.05, 3.63) is 94.3 Å². The lowest BCUT2D eigenvalue weighted by Crippen LogP contribution is -2.24. The number of fused-ring (bicyclic) bond motifs is 1. The quantitative estimate of drug-likeness (QED) is 0.452. The van der Waals surface area contributed by atoms with Crippen molar-refractivity contribution < 1.29 is 17.9 Å². The van der Waals surface area contributed by atoms with Crippen molar-refractivity contribution in [3.63, 3.8) is 0 Å². The molecule has 1 aromatic heterocycles. The van der Waals surface area contributed by atoms with Gasteiger partial charge in [0.05, 0.1) is 17.5 Å². The maximum absolute atomic E-state index is 13.4. The van der Waals surface area contributed by atoms with Crippen LogP contribution in [0, 0.1) is 13.8 Å². The van der Waals surface area contributed by atoms with Crippen molar-refractivity contribution in [1.82, 2.24) is 4.57 Å². The first kappa shape index (κ1) is 23.3. The van der Waals surface area contributed by atoms with Gasteiger partial charge in [0.15, 0.2) is 0 Å². The van der Waals surface area contributed by atoms with Crippen molar-refractivity contribution in [1.29, 1.82) is 0 Å². The van der Waals surface area contributed by atoms with Gasteiger partial charge in [-0.1, -0.05) is 24.3 Å². The molecule has 174 valence electrons. The van der Waals surface area contributed by atoms with Crippen LogP contribution < -0.4 is 15.5 Å². The van der Waals surface area contributed by atoms with E-state index in [0.717, 1.165) is 11.1 Å². The molecular weight excluding hydrogens is 452 g/mol. The normalized spacial score (nSPS) is 11.4. The summed E-state index contributed by atoms with van der Waals surface area (Å²) < 4.78 is 33.3. The maximum Gasteiger partial charge on any atom is 0.244 e. The summed E-state index contributed by atoms with van der Waals surface area (Å²) in [6.07, 6.45) is 1.24. The second-order valence-corrected chi connectivity index (χ2v) is 9.93. The number of carbonyl (C=O) groups excluding carboxylic acids is 1. The van der Waals surface area contributed by atoms with Crippen LogP contribution in [0.25, 0.3) is 10.9 Å². The zero-order valence-electron chi connectivity index (χ0n) is 19.0. The molecule has 4 rings (SSSR count). The number of anilines is 1. The van der Waals surface area contributed by atoms with Crippen LogP contribution in [0.1, 0.15) is 11.1 Å². The van der Waals surface area contributed by atoms with E-state index in [4.69, 9.17) is 4.74 Å². The lowest BCUT2D eigenvalue weighted by atomic mass is 10.1. The van der Waals surface area contributed by atoms with E-state index in [1.54, 1.807) is 24.3 Å². The van der Waals surface area contributed by atoms with E-state index in [1.165, 1.54) is 42.1 Å². The first-order valence-electron chi connectivity index (χ1n) is 10.6. The number of benzene rings is 3. The predicted molar refractivity (Wildman–Crippen MR) is 131 cm³/mol. The standard InChI is InChI=1S/C26H24N2O5S/c1-17-8-9-18(2)22(14-17)27-25(29)16-28-15-24(26(30)21-6-4-5-7-23(21)28)34(31,32)20-12-10-19(33-3)11-13-20/h4-15H,16H2,1-3H3,(H,27,29). The Morgan fingerprint density at radius 3 is 2.41 bits per heavy atom. The monoisotopic (exact) mass is 476 g/mol. The molecule has 4 aromatic rings. The molecule has 3 aromatic carbocycles. The highest BCUT2D eigenvalue weighted by Crippen LogP contribution is 2.23. The number of ether oxygens (including phenoxy) is 1. The van der Waals surface area contributed by atoms with Crippen LogP contribution in [0.15, 0.2) is 87.5 Å². The molecule has 8 heteroatoms. The summed E-state index contributed by atoms with van der Waals surface area (Å²) in [6.45, 7) is 3.66. The molecular formula is C26H24N2O5S. The van der Waals surface area contributed by atoms with Gasteiger partial charge in [-0.3, -0.25) is 9.59 Å². The summed E-state index contributed by atoms with van der Waals surface area (Å²) in [5, 5.41) is 3.10. The molecule has 0 bridgehead atoms. The van der Waals surface area contributed by atoms with Crippen LogP contribution in [-0.4, -0.2) is 26.0 Å². The van der Waals surface area contributed by atoms with Crippen molar-refractivity contribution in [2.45, 2.75) is 30.2 Å². The molecule has 0 saturated carbocycles. The zero-order valence-corrected chi connectivity index (χ0v) is 19.8. The van der Waals surface area contributed by atoms with Gasteiger partial charge in [0.2, 0.25) is 21.2 Å². The number of amides is 1. The molecule has 0 aliphatic rings. The third kappa shape index (κ3) is 4.45. The van der Waals surface area contributed by atoms with Crippen molar-refractivity contribution >= 4 is 32.3 Å². The predicted octanol–water partition coefficient (Wildman–Crippen LogP) is 4.10. The van der Waals surface area contributed by atoms with Gasteiger partial charge in [0.1, 0.15) is 17.2 Å². The lowest BCUT2D eigenvalue weighted by Gasteiger charge is -2.15. The average molecular weight is 477 g/mol. The summed E-state index contributed by atoms with van der Waals surface area (Å²) in [6, 6.07) is 18.2. The maximum atomic E-state index is 13.4. The van der Waals surface area contributed by atoms with E-state index in [0.29, 0.717) is 17.0 Å². The highest BCUT2D eigenvalue weighted by atomic mass is 32.2. The highest BCUT2D eigenvalue weighted by Gasteiger charge is 2.24. The molecule has 1 heterocycles. The Labute approximate surface area is 197 Å². The van der Waals surface area contributed by atoms with Crippen LogP contribution in [0.3, 0.4) is 0 Å². The first-order valence-corrected chi connectivity index (χ1v) is 12.1. The van der Waals surface area contributed by atoms with Gasteiger partial charge >= 0.3 is 0 Å². The van der Waals surface area contributed by atoms with Gasteiger partial charge < -0.3 is 14.6 Å². The number of rotatable bonds is 6. The third-order valence-electron chi connectivity index (χ3n) is 5.60. The number of hydrogen-bond acceptors (Lipinski definition) is 5. The van der Waals surface area contributed by atoms with E-state index < -0.39 is 20.2 Å². The molecule has 0 atom stereocenters. The number of pyridine rings is 1. The van der Waals surface area contributed by atoms with Gasteiger partial charge in [0, 0.05) is 17.3 Å². The second kappa shape index (κ2) is 9.15. The number of methoxy groups -OCH3 is 1. The summed E-state index contributed by atoms with van der Waals surface area (Å²) in [4.78, 5) is 25.6. The number of hydrogen-bond donors (Lipinski definition) is 1. The lowest BCUT2D eigenvalue weighted by molar-refractivity contribution is -0.116. The first-order chi connectivity index (χ1) is 16.2. The summed E-state index contributed by atoms with van der Waals surface area (Å²) >= 11 is 0.